The lowest BCUT2D eigenvalue weighted by Gasteiger charge is -2.37. The maximum atomic E-state index is 10.4. The van der Waals surface area contributed by atoms with Gasteiger partial charge in [-0.15, -0.1) is 0 Å². The van der Waals surface area contributed by atoms with Crippen LogP contribution in [0.5, 0.6) is 0 Å². The first kappa shape index (κ1) is 13.8. The molecule has 0 radical (unpaired) electrons. The Labute approximate surface area is 117 Å². The second-order valence-corrected chi connectivity index (χ2v) is 7.06. The maximum absolute atomic E-state index is 10.4. The second kappa shape index (κ2) is 6.11. The van der Waals surface area contributed by atoms with Gasteiger partial charge in [-0.05, 0) is 51.6 Å². The molecule has 3 fully saturated rings. The summed E-state index contributed by atoms with van der Waals surface area (Å²) in [6, 6.07) is 1.53. The summed E-state index contributed by atoms with van der Waals surface area (Å²) in [7, 11) is 0. The lowest BCUT2D eigenvalue weighted by molar-refractivity contribution is 0.0404. The molecule has 0 spiro atoms. The summed E-state index contributed by atoms with van der Waals surface area (Å²) in [5, 5.41) is 14.0. The van der Waals surface area contributed by atoms with Crippen molar-refractivity contribution in [2.45, 2.75) is 81.9 Å². The molecule has 19 heavy (non-hydrogen) atoms. The van der Waals surface area contributed by atoms with Crippen LogP contribution in [0.3, 0.4) is 0 Å². The molecule has 2 aliphatic carbocycles. The van der Waals surface area contributed by atoms with E-state index >= 15 is 0 Å². The molecule has 1 heterocycles. The molecular formula is C16H30N2O. The van der Waals surface area contributed by atoms with E-state index in [4.69, 9.17) is 0 Å². The van der Waals surface area contributed by atoms with E-state index in [0.29, 0.717) is 6.04 Å². The summed E-state index contributed by atoms with van der Waals surface area (Å²) < 4.78 is 0. The molecule has 3 rings (SSSR count). The van der Waals surface area contributed by atoms with Gasteiger partial charge in [-0.1, -0.05) is 25.7 Å². The average molecular weight is 266 g/mol. The van der Waals surface area contributed by atoms with Gasteiger partial charge in [-0.2, -0.15) is 0 Å². The molecule has 0 aromatic heterocycles. The van der Waals surface area contributed by atoms with Crippen LogP contribution in [-0.4, -0.2) is 47.3 Å². The zero-order valence-electron chi connectivity index (χ0n) is 12.2. The van der Waals surface area contributed by atoms with Crippen LogP contribution in [0.1, 0.15) is 64.2 Å². The van der Waals surface area contributed by atoms with E-state index in [9.17, 15) is 5.11 Å². The van der Waals surface area contributed by atoms with E-state index in [1.807, 2.05) is 0 Å². The van der Waals surface area contributed by atoms with Crippen LogP contribution >= 0.6 is 0 Å². The van der Waals surface area contributed by atoms with Gasteiger partial charge in [0.2, 0.25) is 0 Å². The predicted octanol–water partition coefficient (Wildman–Crippen LogP) is 2.29. The number of rotatable bonds is 4. The van der Waals surface area contributed by atoms with Crippen molar-refractivity contribution in [3.63, 3.8) is 0 Å². The van der Waals surface area contributed by atoms with Gasteiger partial charge in [0.15, 0.2) is 0 Å². The highest BCUT2D eigenvalue weighted by atomic mass is 16.3. The first-order valence-electron chi connectivity index (χ1n) is 8.45. The Bertz CT molecular complexity index is 274. The van der Waals surface area contributed by atoms with Crippen molar-refractivity contribution in [1.29, 1.82) is 0 Å². The van der Waals surface area contributed by atoms with Gasteiger partial charge in [-0.3, -0.25) is 0 Å². The van der Waals surface area contributed by atoms with Gasteiger partial charge in [-0.25, -0.2) is 0 Å². The number of nitrogens with one attached hydrogen (secondary N) is 1. The molecule has 3 aliphatic rings. The van der Waals surface area contributed by atoms with E-state index in [1.165, 1.54) is 64.5 Å². The third-order valence-corrected chi connectivity index (χ3v) is 5.62. The molecule has 0 aromatic rings. The first-order chi connectivity index (χ1) is 9.25. The molecule has 3 nitrogen and oxygen atoms in total. The third kappa shape index (κ3) is 3.50. The van der Waals surface area contributed by atoms with Crippen LogP contribution < -0.4 is 5.32 Å². The molecule has 1 aliphatic heterocycles. The van der Waals surface area contributed by atoms with E-state index in [1.54, 1.807) is 0 Å². The Morgan fingerprint density at radius 3 is 2.21 bits per heavy atom. The number of aliphatic hydroxyl groups is 1. The van der Waals surface area contributed by atoms with Gasteiger partial charge < -0.3 is 15.3 Å². The van der Waals surface area contributed by atoms with Gasteiger partial charge >= 0.3 is 0 Å². The fraction of sp³-hybridized carbons (Fsp3) is 1.00. The van der Waals surface area contributed by atoms with Gasteiger partial charge in [0.25, 0.3) is 0 Å². The van der Waals surface area contributed by atoms with Crippen molar-refractivity contribution in [3.8, 4) is 0 Å². The summed E-state index contributed by atoms with van der Waals surface area (Å²) in [6.45, 7) is 3.35. The SMILES string of the molecule is OC1(CNC2CCN(C3CCCC3)CC2)CCCC1. The summed E-state index contributed by atoms with van der Waals surface area (Å²) >= 11 is 0. The van der Waals surface area contributed by atoms with Crippen LogP contribution in [-0.2, 0) is 0 Å². The van der Waals surface area contributed by atoms with Crippen LogP contribution in [0.4, 0.5) is 0 Å². The Morgan fingerprint density at radius 1 is 0.947 bits per heavy atom. The Hall–Kier alpha value is -0.120. The maximum Gasteiger partial charge on any atom is 0.0771 e. The monoisotopic (exact) mass is 266 g/mol. The molecule has 0 bridgehead atoms. The minimum Gasteiger partial charge on any atom is -0.389 e. The van der Waals surface area contributed by atoms with Crippen molar-refractivity contribution < 1.29 is 5.11 Å². The van der Waals surface area contributed by atoms with Crippen molar-refractivity contribution in [3.05, 3.63) is 0 Å². The van der Waals surface area contributed by atoms with Gasteiger partial charge in [0, 0.05) is 18.6 Å². The molecule has 1 saturated heterocycles. The fourth-order valence-corrected chi connectivity index (χ4v) is 4.28. The minimum atomic E-state index is -0.386. The summed E-state index contributed by atoms with van der Waals surface area (Å²) in [6.07, 6.45) is 12.7. The molecule has 0 atom stereocenters. The highest BCUT2D eigenvalue weighted by Gasteiger charge is 2.32. The molecule has 2 saturated carbocycles. The zero-order chi connectivity index (χ0) is 13.1. The zero-order valence-corrected chi connectivity index (χ0v) is 12.2. The largest absolute Gasteiger partial charge is 0.389 e. The predicted molar refractivity (Wildman–Crippen MR) is 78.3 cm³/mol. The van der Waals surface area contributed by atoms with Crippen LogP contribution in [0.15, 0.2) is 0 Å². The van der Waals surface area contributed by atoms with Gasteiger partial charge in [0.05, 0.1) is 5.60 Å². The highest BCUT2D eigenvalue weighted by molar-refractivity contribution is 4.89. The average Bonchev–Trinajstić information content (AvgIpc) is 3.09. The molecule has 2 N–H and O–H groups in total. The third-order valence-electron chi connectivity index (χ3n) is 5.62. The summed E-state index contributed by atoms with van der Waals surface area (Å²) in [5.41, 5.74) is -0.386. The quantitative estimate of drug-likeness (QED) is 0.819. The molecule has 0 amide bonds. The molecule has 3 heteroatoms. The van der Waals surface area contributed by atoms with E-state index in [0.717, 1.165) is 25.4 Å². The molecular weight excluding hydrogens is 236 g/mol. The number of hydrogen-bond donors (Lipinski definition) is 2. The van der Waals surface area contributed by atoms with Crippen molar-refractivity contribution in [2.24, 2.45) is 0 Å². The molecule has 110 valence electrons. The standard InChI is InChI=1S/C16H30N2O/c19-16(9-3-4-10-16)13-17-14-7-11-18(12-8-14)15-5-1-2-6-15/h14-15,17,19H,1-13H2. The van der Waals surface area contributed by atoms with Crippen LogP contribution in [0.25, 0.3) is 0 Å². The second-order valence-electron chi connectivity index (χ2n) is 7.06. The lowest BCUT2D eigenvalue weighted by Crippen LogP contribution is -2.49. The number of nitrogens with zero attached hydrogens (tertiary/aromatic N) is 1. The number of piperidine rings is 1. The van der Waals surface area contributed by atoms with Gasteiger partial charge in [0.1, 0.15) is 0 Å². The van der Waals surface area contributed by atoms with Crippen molar-refractivity contribution >= 4 is 0 Å². The van der Waals surface area contributed by atoms with E-state index < -0.39 is 0 Å². The Morgan fingerprint density at radius 2 is 1.58 bits per heavy atom. The van der Waals surface area contributed by atoms with Crippen LogP contribution in [0, 0.1) is 0 Å². The Balaban J connectivity index is 1.38. The number of likely N-dealkylation sites (tertiary alicyclic amines) is 1. The normalized spacial score (nSPS) is 30.2. The number of hydrogen-bond acceptors (Lipinski definition) is 3. The van der Waals surface area contributed by atoms with Crippen molar-refractivity contribution in [1.82, 2.24) is 10.2 Å². The van der Waals surface area contributed by atoms with Crippen LogP contribution in [0.2, 0.25) is 0 Å². The topological polar surface area (TPSA) is 35.5 Å². The summed E-state index contributed by atoms with van der Waals surface area (Å²) in [5.74, 6) is 0. The molecule has 0 aromatic carbocycles. The smallest absolute Gasteiger partial charge is 0.0771 e. The summed E-state index contributed by atoms with van der Waals surface area (Å²) in [4.78, 5) is 2.72. The Kier molecular flexibility index (Phi) is 4.45. The molecule has 0 unspecified atom stereocenters. The first-order valence-corrected chi connectivity index (χ1v) is 8.45. The van der Waals surface area contributed by atoms with E-state index in [2.05, 4.69) is 10.2 Å². The highest BCUT2D eigenvalue weighted by Crippen LogP contribution is 2.29. The lowest BCUT2D eigenvalue weighted by atomic mass is 9.99. The van der Waals surface area contributed by atoms with Crippen molar-refractivity contribution in [2.75, 3.05) is 19.6 Å². The fourth-order valence-electron chi connectivity index (χ4n) is 4.28. The minimum absolute atomic E-state index is 0.386. The van der Waals surface area contributed by atoms with E-state index in [-0.39, 0.29) is 5.60 Å².